The molecule has 1 amide bonds. The van der Waals surface area contributed by atoms with E-state index < -0.39 is 24.7 Å². The lowest BCUT2D eigenvalue weighted by atomic mass is 10.1. The van der Waals surface area contributed by atoms with Crippen LogP contribution in [0.4, 0.5) is 13.2 Å². The quantitative estimate of drug-likeness (QED) is 0.698. The van der Waals surface area contributed by atoms with Gasteiger partial charge in [-0.05, 0) is 26.0 Å². The Labute approximate surface area is 172 Å². The molecule has 0 radical (unpaired) electrons. The molecule has 162 valence electrons. The largest absolute Gasteiger partial charge is 0.468 e. The summed E-state index contributed by atoms with van der Waals surface area (Å²) in [5.74, 6) is -0.676. The maximum atomic E-state index is 12.6. The lowest BCUT2D eigenvalue weighted by molar-refractivity contribution is -0.154. The first-order valence-corrected chi connectivity index (χ1v) is 9.29. The van der Waals surface area contributed by atoms with Gasteiger partial charge < -0.3 is 10.1 Å². The van der Waals surface area contributed by atoms with Gasteiger partial charge in [0, 0.05) is 17.7 Å². The van der Waals surface area contributed by atoms with Gasteiger partial charge in [0.25, 0.3) is 5.91 Å². The molecule has 2 aromatic rings. The lowest BCUT2D eigenvalue weighted by Gasteiger charge is -2.15. The van der Waals surface area contributed by atoms with Crippen molar-refractivity contribution in [3.63, 3.8) is 0 Å². The SMILES string of the molecule is Cc1cc(C(=O)NC(C)c2cccc(OCC(F)(F)F)n2)nc(CC(=O)C(C)C)n1. The van der Waals surface area contributed by atoms with E-state index in [4.69, 9.17) is 0 Å². The van der Waals surface area contributed by atoms with Crippen LogP contribution < -0.4 is 10.1 Å². The fourth-order valence-electron chi connectivity index (χ4n) is 2.44. The van der Waals surface area contributed by atoms with E-state index in [9.17, 15) is 22.8 Å². The zero-order valence-corrected chi connectivity index (χ0v) is 17.1. The molecule has 0 fully saturated rings. The Morgan fingerprint density at radius 2 is 1.83 bits per heavy atom. The molecule has 1 atom stereocenters. The summed E-state index contributed by atoms with van der Waals surface area (Å²) in [7, 11) is 0. The van der Waals surface area contributed by atoms with Crippen molar-refractivity contribution in [2.45, 2.75) is 46.3 Å². The second-order valence-electron chi connectivity index (χ2n) is 7.11. The van der Waals surface area contributed by atoms with Gasteiger partial charge in [0.1, 0.15) is 17.3 Å². The number of nitrogens with zero attached hydrogens (tertiary/aromatic N) is 3. The molecule has 2 heterocycles. The highest BCUT2D eigenvalue weighted by Gasteiger charge is 2.28. The van der Waals surface area contributed by atoms with Gasteiger partial charge in [-0.2, -0.15) is 13.2 Å². The van der Waals surface area contributed by atoms with Crippen LogP contribution in [-0.4, -0.2) is 39.4 Å². The molecule has 10 heteroatoms. The zero-order valence-electron chi connectivity index (χ0n) is 17.1. The molecule has 0 bridgehead atoms. The molecular formula is C20H23F3N4O3. The first-order chi connectivity index (χ1) is 13.9. The number of carbonyl (C=O) groups is 2. The molecule has 30 heavy (non-hydrogen) atoms. The topological polar surface area (TPSA) is 94.1 Å². The summed E-state index contributed by atoms with van der Waals surface area (Å²) in [6.45, 7) is 5.40. The maximum Gasteiger partial charge on any atom is 0.422 e. The summed E-state index contributed by atoms with van der Waals surface area (Å²) in [4.78, 5) is 36.9. The Bertz CT molecular complexity index is 916. The molecular weight excluding hydrogens is 401 g/mol. The average molecular weight is 424 g/mol. The van der Waals surface area contributed by atoms with E-state index in [2.05, 4.69) is 25.0 Å². The molecule has 0 aromatic carbocycles. The van der Waals surface area contributed by atoms with E-state index in [0.717, 1.165) is 0 Å². The van der Waals surface area contributed by atoms with Crippen molar-refractivity contribution >= 4 is 11.7 Å². The molecule has 0 saturated carbocycles. The summed E-state index contributed by atoms with van der Waals surface area (Å²) >= 11 is 0. The number of rotatable bonds is 8. The fraction of sp³-hybridized carbons (Fsp3) is 0.450. The Hall–Kier alpha value is -3.04. The zero-order chi connectivity index (χ0) is 22.5. The number of ketones is 1. The number of ether oxygens (including phenoxy) is 1. The molecule has 0 aliphatic carbocycles. The van der Waals surface area contributed by atoms with Gasteiger partial charge in [-0.3, -0.25) is 9.59 Å². The molecule has 0 spiro atoms. The lowest BCUT2D eigenvalue weighted by Crippen LogP contribution is -2.29. The van der Waals surface area contributed by atoms with Gasteiger partial charge in [0.05, 0.1) is 18.2 Å². The Morgan fingerprint density at radius 1 is 1.13 bits per heavy atom. The molecule has 0 aliphatic rings. The average Bonchev–Trinajstić information content (AvgIpc) is 2.65. The Balaban J connectivity index is 2.10. The second-order valence-corrected chi connectivity index (χ2v) is 7.11. The number of aryl methyl sites for hydroxylation is 1. The third-order valence-electron chi connectivity index (χ3n) is 4.03. The van der Waals surface area contributed by atoms with Crippen molar-refractivity contribution in [2.75, 3.05) is 6.61 Å². The number of aromatic nitrogens is 3. The van der Waals surface area contributed by atoms with E-state index in [-0.39, 0.29) is 35.5 Å². The number of pyridine rings is 1. The first-order valence-electron chi connectivity index (χ1n) is 9.29. The highest BCUT2D eigenvalue weighted by Crippen LogP contribution is 2.19. The first kappa shape index (κ1) is 23.2. The third-order valence-corrected chi connectivity index (χ3v) is 4.03. The van der Waals surface area contributed by atoms with E-state index in [1.54, 1.807) is 33.8 Å². The van der Waals surface area contributed by atoms with Crippen LogP contribution in [0.15, 0.2) is 24.3 Å². The highest BCUT2D eigenvalue weighted by molar-refractivity contribution is 5.92. The van der Waals surface area contributed by atoms with Crippen LogP contribution in [-0.2, 0) is 11.2 Å². The Kier molecular flexibility index (Phi) is 7.47. The van der Waals surface area contributed by atoms with Gasteiger partial charge >= 0.3 is 6.18 Å². The molecule has 0 aliphatic heterocycles. The predicted octanol–water partition coefficient (Wildman–Crippen LogP) is 3.38. The molecule has 7 nitrogen and oxygen atoms in total. The van der Waals surface area contributed by atoms with E-state index in [1.807, 2.05) is 0 Å². The summed E-state index contributed by atoms with van der Waals surface area (Å²) in [5.41, 5.74) is 0.949. The van der Waals surface area contributed by atoms with Crippen LogP contribution in [0.3, 0.4) is 0 Å². The van der Waals surface area contributed by atoms with Crippen LogP contribution in [0, 0.1) is 12.8 Å². The van der Waals surface area contributed by atoms with E-state index >= 15 is 0 Å². The van der Waals surface area contributed by atoms with Gasteiger partial charge in [0.2, 0.25) is 5.88 Å². The van der Waals surface area contributed by atoms with Crippen LogP contribution >= 0.6 is 0 Å². The van der Waals surface area contributed by atoms with Crippen LogP contribution in [0.1, 0.15) is 54.5 Å². The maximum absolute atomic E-state index is 12.6. The standard InChI is InChI=1S/C20H23F3N4O3/c1-11(2)16(28)9-17-24-12(3)8-15(26-17)19(29)25-13(4)14-6-5-7-18(27-14)30-10-20(21,22)23/h5-8,11,13H,9-10H2,1-4H3,(H,25,29). The summed E-state index contributed by atoms with van der Waals surface area (Å²) in [5, 5.41) is 2.69. The monoisotopic (exact) mass is 424 g/mol. The van der Waals surface area contributed by atoms with Crippen molar-refractivity contribution < 1.29 is 27.5 Å². The summed E-state index contributed by atoms with van der Waals surface area (Å²) in [6, 6.07) is 5.21. The van der Waals surface area contributed by atoms with E-state index in [0.29, 0.717) is 11.4 Å². The van der Waals surface area contributed by atoms with Crippen molar-refractivity contribution in [1.29, 1.82) is 0 Å². The normalized spacial score (nSPS) is 12.5. The second kappa shape index (κ2) is 9.64. The third kappa shape index (κ3) is 7.09. The summed E-state index contributed by atoms with van der Waals surface area (Å²) < 4.78 is 41.6. The summed E-state index contributed by atoms with van der Waals surface area (Å²) in [6.07, 6.45) is -4.45. The molecule has 2 aromatic heterocycles. The number of halogens is 3. The van der Waals surface area contributed by atoms with Crippen molar-refractivity contribution in [3.8, 4) is 5.88 Å². The molecule has 1 N–H and O–H groups in total. The predicted molar refractivity (Wildman–Crippen MR) is 102 cm³/mol. The van der Waals surface area contributed by atoms with Crippen molar-refractivity contribution in [2.24, 2.45) is 5.92 Å². The number of amides is 1. The fourth-order valence-corrected chi connectivity index (χ4v) is 2.44. The number of carbonyl (C=O) groups excluding carboxylic acids is 2. The van der Waals surface area contributed by atoms with Crippen molar-refractivity contribution in [3.05, 3.63) is 47.2 Å². The minimum atomic E-state index is -4.48. The Morgan fingerprint density at radius 3 is 2.47 bits per heavy atom. The van der Waals surface area contributed by atoms with Crippen LogP contribution in [0.25, 0.3) is 0 Å². The molecule has 0 saturated heterocycles. The molecule has 2 rings (SSSR count). The van der Waals surface area contributed by atoms with Gasteiger partial charge in [0.15, 0.2) is 6.61 Å². The highest BCUT2D eigenvalue weighted by atomic mass is 19.4. The van der Waals surface area contributed by atoms with Crippen LogP contribution in [0.2, 0.25) is 0 Å². The number of hydrogen-bond donors (Lipinski definition) is 1. The molecule has 1 unspecified atom stereocenters. The number of hydrogen-bond acceptors (Lipinski definition) is 6. The minimum Gasteiger partial charge on any atom is -0.468 e. The van der Waals surface area contributed by atoms with Gasteiger partial charge in [-0.25, -0.2) is 15.0 Å². The van der Waals surface area contributed by atoms with Crippen molar-refractivity contribution in [1.82, 2.24) is 20.3 Å². The van der Waals surface area contributed by atoms with E-state index in [1.165, 1.54) is 18.2 Å². The minimum absolute atomic E-state index is 0.0231. The van der Waals surface area contributed by atoms with Gasteiger partial charge in [-0.1, -0.05) is 19.9 Å². The number of nitrogens with one attached hydrogen (secondary N) is 1. The smallest absolute Gasteiger partial charge is 0.422 e. The number of Topliss-reactive ketones (excluding diaryl/α,β-unsaturated/α-hetero) is 1. The van der Waals surface area contributed by atoms with Crippen LogP contribution in [0.5, 0.6) is 5.88 Å². The van der Waals surface area contributed by atoms with Gasteiger partial charge in [-0.15, -0.1) is 0 Å². The number of alkyl halides is 3.